The molecule has 0 spiro atoms. The van der Waals surface area contributed by atoms with Gasteiger partial charge < -0.3 is 0 Å². The summed E-state index contributed by atoms with van der Waals surface area (Å²) in [6.07, 6.45) is 7.38. The molecule has 0 radical (unpaired) electrons. The maximum Gasteiger partial charge on any atom is 0.264 e. The quantitative estimate of drug-likeness (QED) is 0.475. The number of aromatic nitrogens is 4. The maximum absolute atomic E-state index is 15.0. The third-order valence-electron chi connectivity index (χ3n) is 4.26. The maximum atomic E-state index is 15.0. The molecule has 0 aliphatic heterocycles. The lowest BCUT2D eigenvalue weighted by Gasteiger charge is -2.10. The number of nitrogens with one attached hydrogen (secondary N) is 1. The fourth-order valence-corrected chi connectivity index (χ4v) is 4.23. The van der Waals surface area contributed by atoms with Crippen LogP contribution >= 0.6 is 11.6 Å². The van der Waals surface area contributed by atoms with Crippen LogP contribution in [0.5, 0.6) is 0 Å². The van der Waals surface area contributed by atoms with Crippen molar-refractivity contribution in [2.45, 2.75) is 11.8 Å². The van der Waals surface area contributed by atoms with Gasteiger partial charge in [-0.1, -0.05) is 23.4 Å². The first-order valence-corrected chi connectivity index (χ1v) is 10.7. The van der Waals surface area contributed by atoms with Gasteiger partial charge in [-0.25, -0.2) is 17.8 Å². The van der Waals surface area contributed by atoms with Gasteiger partial charge in [0.05, 0.1) is 27.4 Å². The van der Waals surface area contributed by atoms with Crippen molar-refractivity contribution in [2.24, 2.45) is 0 Å². The molecule has 0 amide bonds. The number of aryl methyl sites for hydroxylation is 1. The zero-order valence-corrected chi connectivity index (χ0v) is 17.5. The molecule has 4 aromatic rings. The molecule has 154 valence electrons. The fraction of sp³-hybridized carbons (Fsp3) is 0.0476. The minimum Gasteiger partial charge on any atom is -0.263 e. The van der Waals surface area contributed by atoms with E-state index in [1.165, 1.54) is 37.6 Å². The second-order valence-corrected chi connectivity index (χ2v) is 8.46. The highest BCUT2D eigenvalue weighted by atomic mass is 35.5. The average Bonchev–Trinajstić information content (AvgIpc) is 2.76. The van der Waals surface area contributed by atoms with Crippen LogP contribution in [0.25, 0.3) is 10.9 Å². The molecule has 0 unspecified atom stereocenters. The number of fused-ring (bicyclic) bond motifs is 1. The largest absolute Gasteiger partial charge is 0.264 e. The van der Waals surface area contributed by atoms with Crippen molar-refractivity contribution in [1.82, 2.24) is 19.9 Å². The normalized spacial score (nSPS) is 11.1. The highest BCUT2D eigenvalue weighted by Gasteiger charge is 2.21. The summed E-state index contributed by atoms with van der Waals surface area (Å²) in [6.45, 7) is 1.50. The van der Waals surface area contributed by atoms with Gasteiger partial charge in [-0.15, -0.1) is 0 Å². The van der Waals surface area contributed by atoms with Crippen molar-refractivity contribution in [2.75, 3.05) is 4.72 Å². The van der Waals surface area contributed by atoms with E-state index in [2.05, 4.69) is 36.5 Å². The third-order valence-corrected chi connectivity index (χ3v) is 5.92. The molecular formula is C21H13ClFN5O2S. The first-order valence-electron chi connectivity index (χ1n) is 8.85. The van der Waals surface area contributed by atoms with Crippen molar-refractivity contribution in [3.63, 3.8) is 0 Å². The number of hydrogen-bond donors (Lipinski definition) is 1. The highest BCUT2D eigenvalue weighted by Crippen LogP contribution is 2.23. The van der Waals surface area contributed by atoms with E-state index in [-0.39, 0.29) is 21.2 Å². The number of pyridine rings is 4. The number of halogens is 2. The molecule has 4 heterocycles. The summed E-state index contributed by atoms with van der Waals surface area (Å²) < 4.78 is 42.5. The van der Waals surface area contributed by atoms with Gasteiger partial charge >= 0.3 is 0 Å². The van der Waals surface area contributed by atoms with E-state index in [0.717, 1.165) is 5.39 Å². The highest BCUT2D eigenvalue weighted by molar-refractivity contribution is 7.92. The Hall–Kier alpha value is -3.61. The van der Waals surface area contributed by atoms with Gasteiger partial charge in [0, 0.05) is 36.4 Å². The van der Waals surface area contributed by atoms with Crippen molar-refractivity contribution in [3.8, 4) is 11.8 Å². The van der Waals surface area contributed by atoms with Crippen LogP contribution in [-0.4, -0.2) is 28.4 Å². The number of anilines is 1. The minimum absolute atomic E-state index is 0.0402. The van der Waals surface area contributed by atoms with Crippen LogP contribution in [0.2, 0.25) is 5.02 Å². The van der Waals surface area contributed by atoms with Gasteiger partial charge in [-0.05, 0) is 31.2 Å². The Morgan fingerprint density at radius 3 is 2.68 bits per heavy atom. The lowest BCUT2D eigenvalue weighted by Crippen LogP contribution is -2.17. The van der Waals surface area contributed by atoms with E-state index in [1.54, 1.807) is 18.5 Å². The Morgan fingerprint density at radius 2 is 1.84 bits per heavy atom. The zero-order chi connectivity index (χ0) is 22.0. The Kier molecular flexibility index (Phi) is 5.50. The molecule has 10 heteroatoms. The summed E-state index contributed by atoms with van der Waals surface area (Å²) >= 11 is 5.85. The standard InChI is InChI=1S/C21H13ClFN5O2S/c1-13-18(9-17(22)12-27-13)31(29,30)28-21-19(23)14(6-8-26-21)4-5-16-11-24-10-15-3-2-7-25-20(15)16/h2-3,6-12H,1H3,(H,26,28). The fourth-order valence-electron chi connectivity index (χ4n) is 2.78. The van der Waals surface area contributed by atoms with Crippen LogP contribution in [0.3, 0.4) is 0 Å². The summed E-state index contributed by atoms with van der Waals surface area (Å²) in [5.74, 6) is 4.13. The lowest BCUT2D eigenvalue weighted by atomic mass is 10.1. The smallest absolute Gasteiger partial charge is 0.263 e. The van der Waals surface area contributed by atoms with Gasteiger partial charge in [0.2, 0.25) is 0 Å². The summed E-state index contributed by atoms with van der Waals surface area (Å²) in [4.78, 5) is 15.9. The van der Waals surface area contributed by atoms with E-state index >= 15 is 0 Å². The predicted octanol–water partition coefficient (Wildman–Crippen LogP) is 3.72. The molecule has 0 atom stereocenters. The molecule has 0 fully saturated rings. The van der Waals surface area contributed by atoms with Crippen LogP contribution < -0.4 is 4.72 Å². The Morgan fingerprint density at radius 1 is 1.03 bits per heavy atom. The minimum atomic E-state index is -4.17. The zero-order valence-electron chi connectivity index (χ0n) is 16.0. The van der Waals surface area contributed by atoms with Crippen LogP contribution in [0, 0.1) is 24.6 Å². The molecule has 31 heavy (non-hydrogen) atoms. The molecule has 0 saturated carbocycles. The van der Waals surface area contributed by atoms with Crippen LogP contribution in [0.4, 0.5) is 10.2 Å². The summed E-state index contributed by atoms with van der Waals surface area (Å²) in [6, 6.07) is 6.19. The van der Waals surface area contributed by atoms with Gasteiger partial charge in [0.15, 0.2) is 11.6 Å². The molecule has 0 bridgehead atoms. The van der Waals surface area contributed by atoms with Gasteiger partial charge in [-0.3, -0.25) is 19.7 Å². The Labute approximate surface area is 182 Å². The lowest BCUT2D eigenvalue weighted by molar-refractivity contribution is 0.596. The van der Waals surface area contributed by atoms with Gasteiger partial charge in [0.25, 0.3) is 10.0 Å². The predicted molar refractivity (Wildman–Crippen MR) is 115 cm³/mol. The first-order chi connectivity index (χ1) is 14.8. The number of nitrogens with zero attached hydrogens (tertiary/aromatic N) is 4. The molecule has 0 saturated heterocycles. The Balaban J connectivity index is 1.70. The van der Waals surface area contributed by atoms with E-state index < -0.39 is 21.7 Å². The molecular weight excluding hydrogens is 441 g/mol. The monoisotopic (exact) mass is 453 g/mol. The first kappa shape index (κ1) is 20.7. The number of sulfonamides is 1. The van der Waals surface area contributed by atoms with E-state index in [4.69, 9.17) is 11.6 Å². The Bertz CT molecular complexity index is 1480. The molecule has 4 aromatic heterocycles. The SMILES string of the molecule is Cc1ncc(Cl)cc1S(=O)(=O)Nc1nccc(C#Cc2cncc3cccnc23)c1F. The third kappa shape index (κ3) is 4.30. The van der Waals surface area contributed by atoms with Gasteiger partial charge in [-0.2, -0.15) is 0 Å². The van der Waals surface area contributed by atoms with E-state index in [0.29, 0.717) is 11.1 Å². The van der Waals surface area contributed by atoms with Crippen LogP contribution in [-0.2, 0) is 10.0 Å². The van der Waals surface area contributed by atoms with Crippen LogP contribution in [0.15, 0.2) is 60.1 Å². The van der Waals surface area contributed by atoms with Crippen molar-refractivity contribution in [1.29, 1.82) is 0 Å². The number of rotatable bonds is 3. The average molecular weight is 454 g/mol. The topological polar surface area (TPSA) is 97.7 Å². The molecule has 0 aromatic carbocycles. The van der Waals surface area contributed by atoms with Crippen LogP contribution in [0.1, 0.15) is 16.8 Å². The molecule has 0 aliphatic carbocycles. The summed E-state index contributed by atoms with van der Waals surface area (Å²) in [7, 11) is -4.17. The van der Waals surface area contributed by atoms with E-state index in [1.807, 2.05) is 6.07 Å². The second-order valence-electron chi connectivity index (χ2n) is 6.38. The molecule has 1 N–H and O–H groups in total. The van der Waals surface area contributed by atoms with E-state index in [9.17, 15) is 12.8 Å². The van der Waals surface area contributed by atoms with Gasteiger partial charge in [0.1, 0.15) is 4.90 Å². The second kappa shape index (κ2) is 8.26. The summed E-state index contributed by atoms with van der Waals surface area (Å²) in [5, 5.41) is 0.930. The number of hydrogen-bond acceptors (Lipinski definition) is 6. The van der Waals surface area contributed by atoms with Crippen molar-refractivity contribution < 1.29 is 12.8 Å². The molecule has 4 rings (SSSR count). The van der Waals surface area contributed by atoms with Crippen molar-refractivity contribution in [3.05, 3.63) is 82.9 Å². The van der Waals surface area contributed by atoms with Crippen molar-refractivity contribution >= 4 is 38.3 Å². The molecule has 0 aliphatic rings. The summed E-state index contributed by atoms with van der Waals surface area (Å²) in [5.41, 5.74) is 1.31. The molecule has 7 nitrogen and oxygen atoms in total.